The minimum Gasteiger partial charge on any atom is -0.463 e. The molecule has 0 amide bonds. The monoisotopic (exact) mass is 311 g/mol. The third-order valence-corrected chi connectivity index (χ3v) is 7.33. The largest absolute Gasteiger partial charge is 0.463 e. The molecular weight excluding hydrogens is 290 g/mol. The molecule has 2 fully saturated rings. The van der Waals surface area contributed by atoms with Crippen LogP contribution in [0.1, 0.15) is 20.3 Å². The van der Waals surface area contributed by atoms with Crippen LogP contribution in [-0.4, -0.2) is 59.5 Å². The normalized spacial score (nSPS) is 26.9. The zero-order valence-corrected chi connectivity index (χ0v) is 13.2. The third kappa shape index (κ3) is 2.42. The zero-order valence-electron chi connectivity index (χ0n) is 12.4. The second-order valence-electron chi connectivity index (χ2n) is 6.21. The SMILES string of the molecule is CC(C)N1CC2(C1)C(COc1ncccn1)CCS2(=O)=O. The van der Waals surface area contributed by atoms with Crippen molar-refractivity contribution in [3.05, 3.63) is 18.5 Å². The maximum Gasteiger partial charge on any atom is 0.316 e. The standard InChI is InChI=1S/C14H21N3O3S/c1-11(2)17-9-14(10-17)12(4-7-21(14,18)19)8-20-13-15-5-3-6-16-13/h3,5-6,11-12H,4,7-10H2,1-2H3. The molecular formula is C14H21N3O3S. The number of likely N-dealkylation sites (tertiary alicyclic amines) is 1. The Labute approximate surface area is 125 Å². The molecule has 2 aliphatic heterocycles. The fourth-order valence-corrected chi connectivity index (χ4v) is 5.67. The minimum atomic E-state index is -3.03. The van der Waals surface area contributed by atoms with Gasteiger partial charge in [0.1, 0.15) is 4.75 Å². The average molecular weight is 311 g/mol. The number of nitrogens with zero attached hydrogens (tertiary/aromatic N) is 3. The van der Waals surface area contributed by atoms with Crippen molar-refractivity contribution >= 4 is 9.84 Å². The van der Waals surface area contributed by atoms with E-state index in [4.69, 9.17) is 4.74 Å². The van der Waals surface area contributed by atoms with E-state index in [-0.39, 0.29) is 11.7 Å². The van der Waals surface area contributed by atoms with Crippen LogP contribution in [0.5, 0.6) is 6.01 Å². The summed E-state index contributed by atoms with van der Waals surface area (Å²) in [6.07, 6.45) is 3.90. The third-order valence-electron chi connectivity index (χ3n) is 4.73. The summed E-state index contributed by atoms with van der Waals surface area (Å²) >= 11 is 0. The van der Waals surface area contributed by atoms with E-state index in [1.165, 1.54) is 0 Å². The fraction of sp³-hybridized carbons (Fsp3) is 0.714. The van der Waals surface area contributed by atoms with Gasteiger partial charge in [0.2, 0.25) is 0 Å². The number of rotatable bonds is 4. The number of hydrogen-bond acceptors (Lipinski definition) is 6. The summed E-state index contributed by atoms with van der Waals surface area (Å²) < 4.78 is 29.9. The van der Waals surface area contributed by atoms with Gasteiger partial charge in [0.05, 0.1) is 12.4 Å². The molecule has 116 valence electrons. The van der Waals surface area contributed by atoms with E-state index in [0.29, 0.717) is 38.2 Å². The van der Waals surface area contributed by atoms with Crippen molar-refractivity contribution in [2.24, 2.45) is 5.92 Å². The lowest BCUT2D eigenvalue weighted by Crippen LogP contribution is -2.69. The van der Waals surface area contributed by atoms with E-state index < -0.39 is 14.6 Å². The van der Waals surface area contributed by atoms with E-state index in [0.717, 1.165) is 0 Å². The van der Waals surface area contributed by atoms with E-state index >= 15 is 0 Å². The maximum absolute atomic E-state index is 12.4. The molecule has 1 spiro atoms. The Hall–Kier alpha value is -1.21. The van der Waals surface area contributed by atoms with Crippen LogP contribution in [0.25, 0.3) is 0 Å². The second kappa shape index (κ2) is 5.21. The van der Waals surface area contributed by atoms with Crippen molar-refractivity contribution in [3.63, 3.8) is 0 Å². The summed E-state index contributed by atoms with van der Waals surface area (Å²) in [5, 5.41) is 0. The van der Waals surface area contributed by atoms with Gasteiger partial charge >= 0.3 is 6.01 Å². The van der Waals surface area contributed by atoms with E-state index in [2.05, 4.69) is 28.7 Å². The lowest BCUT2D eigenvalue weighted by Gasteiger charge is -2.51. The predicted octanol–water partition coefficient (Wildman–Crippen LogP) is 0.753. The van der Waals surface area contributed by atoms with Crippen molar-refractivity contribution in [3.8, 4) is 6.01 Å². The molecule has 1 unspecified atom stereocenters. The topological polar surface area (TPSA) is 72.4 Å². The molecule has 0 aliphatic carbocycles. The summed E-state index contributed by atoms with van der Waals surface area (Å²) in [6.45, 7) is 5.80. The molecule has 0 N–H and O–H groups in total. The molecule has 1 aromatic rings. The summed E-state index contributed by atoms with van der Waals surface area (Å²) in [7, 11) is -3.03. The lowest BCUT2D eigenvalue weighted by molar-refractivity contribution is 0.0401. The van der Waals surface area contributed by atoms with Gasteiger partial charge in [-0.15, -0.1) is 0 Å². The predicted molar refractivity (Wildman–Crippen MR) is 78.9 cm³/mol. The maximum atomic E-state index is 12.4. The molecule has 2 saturated heterocycles. The first-order chi connectivity index (χ1) is 9.95. The Kier molecular flexibility index (Phi) is 3.65. The van der Waals surface area contributed by atoms with Gasteiger partial charge in [-0.05, 0) is 26.3 Å². The van der Waals surface area contributed by atoms with Crippen LogP contribution in [0.3, 0.4) is 0 Å². The molecule has 0 radical (unpaired) electrons. The first-order valence-corrected chi connectivity index (χ1v) is 8.96. The first kappa shape index (κ1) is 14.7. The number of hydrogen-bond donors (Lipinski definition) is 0. The molecule has 2 aliphatic rings. The van der Waals surface area contributed by atoms with Gasteiger partial charge in [-0.3, -0.25) is 4.90 Å². The minimum absolute atomic E-state index is 0.0290. The molecule has 3 heterocycles. The Morgan fingerprint density at radius 3 is 2.67 bits per heavy atom. The number of aromatic nitrogens is 2. The molecule has 7 heteroatoms. The van der Waals surface area contributed by atoms with Crippen LogP contribution in [0.4, 0.5) is 0 Å². The summed E-state index contributed by atoms with van der Waals surface area (Å²) in [5.74, 6) is 0.295. The number of ether oxygens (including phenoxy) is 1. The summed E-state index contributed by atoms with van der Waals surface area (Å²) in [5.41, 5.74) is 0. The molecule has 0 aromatic carbocycles. The zero-order chi connectivity index (χ0) is 15.1. The molecule has 0 saturated carbocycles. The van der Waals surface area contributed by atoms with Gasteiger partial charge in [0.15, 0.2) is 9.84 Å². The molecule has 21 heavy (non-hydrogen) atoms. The van der Waals surface area contributed by atoms with Crippen LogP contribution in [0.2, 0.25) is 0 Å². The molecule has 0 bridgehead atoms. The van der Waals surface area contributed by atoms with Gasteiger partial charge in [0.25, 0.3) is 0 Å². The van der Waals surface area contributed by atoms with Crippen LogP contribution < -0.4 is 4.74 Å². The molecule has 1 aromatic heterocycles. The van der Waals surface area contributed by atoms with Crippen LogP contribution in [-0.2, 0) is 9.84 Å². The number of sulfone groups is 1. The van der Waals surface area contributed by atoms with E-state index in [9.17, 15) is 8.42 Å². The van der Waals surface area contributed by atoms with Gasteiger partial charge in [-0.1, -0.05) is 0 Å². The Balaban J connectivity index is 1.71. The highest BCUT2D eigenvalue weighted by molar-refractivity contribution is 7.93. The van der Waals surface area contributed by atoms with Crippen molar-refractivity contribution < 1.29 is 13.2 Å². The molecule has 1 atom stereocenters. The van der Waals surface area contributed by atoms with Gasteiger partial charge in [-0.25, -0.2) is 18.4 Å². The smallest absolute Gasteiger partial charge is 0.316 e. The van der Waals surface area contributed by atoms with Gasteiger partial charge < -0.3 is 4.74 Å². The summed E-state index contributed by atoms with van der Waals surface area (Å²) in [4.78, 5) is 10.2. The Morgan fingerprint density at radius 2 is 2.05 bits per heavy atom. The second-order valence-corrected chi connectivity index (χ2v) is 8.66. The van der Waals surface area contributed by atoms with Gasteiger partial charge in [-0.2, -0.15) is 0 Å². The molecule has 6 nitrogen and oxygen atoms in total. The van der Waals surface area contributed by atoms with Crippen molar-refractivity contribution in [2.75, 3.05) is 25.4 Å². The van der Waals surface area contributed by atoms with Crippen LogP contribution >= 0.6 is 0 Å². The van der Waals surface area contributed by atoms with Crippen LogP contribution in [0.15, 0.2) is 18.5 Å². The highest BCUT2D eigenvalue weighted by Gasteiger charge is 2.61. The van der Waals surface area contributed by atoms with Crippen molar-refractivity contribution in [2.45, 2.75) is 31.1 Å². The van der Waals surface area contributed by atoms with E-state index in [1.807, 2.05) is 0 Å². The van der Waals surface area contributed by atoms with Crippen LogP contribution in [0, 0.1) is 5.92 Å². The van der Waals surface area contributed by atoms with Crippen molar-refractivity contribution in [1.82, 2.24) is 14.9 Å². The van der Waals surface area contributed by atoms with Gasteiger partial charge in [0, 0.05) is 37.4 Å². The fourth-order valence-electron chi connectivity index (χ4n) is 3.25. The Morgan fingerprint density at radius 1 is 1.38 bits per heavy atom. The highest BCUT2D eigenvalue weighted by atomic mass is 32.2. The van der Waals surface area contributed by atoms with Crippen molar-refractivity contribution in [1.29, 1.82) is 0 Å². The van der Waals surface area contributed by atoms with E-state index in [1.54, 1.807) is 18.5 Å². The summed E-state index contributed by atoms with van der Waals surface area (Å²) in [6, 6.07) is 2.42. The highest BCUT2D eigenvalue weighted by Crippen LogP contribution is 2.45. The quantitative estimate of drug-likeness (QED) is 0.817. The average Bonchev–Trinajstić information content (AvgIpc) is 2.66. The molecule has 3 rings (SSSR count). The Bertz CT molecular complexity index is 597. The lowest BCUT2D eigenvalue weighted by atomic mass is 9.83. The first-order valence-electron chi connectivity index (χ1n) is 7.31.